The molecule has 36 heavy (non-hydrogen) atoms. The van der Waals surface area contributed by atoms with Gasteiger partial charge in [0, 0.05) is 29.2 Å². The van der Waals surface area contributed by atoms with Gasteiger partial charge in [0.15, 0.2) is 0 Å². The molecule has 4 rings (SSSR count). The highest BCUT2D eigenvalue weighted by Crippen LogP contribution is 2.62. The van der Waals surface area contributed by atoms with E-state index in [-0.39, 0.29) is 34.5 Å². The van der Waals surface area contributed by atoms with E-state index in [9.17, 15) is 9.90 Å². The normalized spacial score (nSPS) is 28.6. The third kappa shape index (κ3) is 4.72. The summed E-state index contributed by atoms with van der Waals surface area (Å²) in [6.07, 6.45) is 4.16. The fourth-order valence-corrected chi connectivity index (χ4v) is 6.93. The molecule has 0 unspecified atom stereocenters. The number of hydrogen-bond donors (Lipinski definition) is 2. The predicted molar refractivity (Wildman–Crippen MR) is 145 cm³/mol. The van der Waals surface area contributed by atoms with Crippen molar-refractivity contribution in [2.24, 2.45) is 22.7 Å². The summed E-state index contributed by atoms with van der Waals surface area (Å²) in [6, 6.07) is 13.1. The lowest BCUT2D eigenvalue weighted by atomic mass is 9.47. The Morgan fingerprint density at radius 3 is 2.17 bits per heavy atom. The third-order valence-electron chi connectivity index (χ3n) is 8.90. The highest BCUT2D eigenvalue weighted by molar-refractivity contribution is 5.94. The molecule has 0 spiro atoms. The van der Waals surface area contributed by atoms with Crippen molar-refractivity contribution in [3.63, 3.8) is 0 Å². The van der Waals surface area contributed by atoms with Crippen LogP contribution in [0.4, 0.5) is 0 Å². The maximum Gasteiger partial charge on any atom is 0.251 e. The monoisotopic (exact) mass is 491 g/mol. The van der Waals surface area contributed by atoms with E-state index in [4.69, 9.17) is 9.47 Å². The molecule has 5 heteroatoms. The summed E-state index contributed by atoms with van der Waals surface area (Å²) in [5.74, 6) is 1.77. The van der Waals surface area contributed by atoms with Crippen LogP contribution in [0.1, 0.15) is 74.9 Å². The molecule has 0 saturated heterocycles. The molecule has 2 fully saturated rings. The maximum absolute atomic E-state index is 13.3. The smallest absolute Gasteiger partial charge is 0.251 e. The van der Waals surface area contributed by atoms with Gasteiger partial charge in [-0.3, -0.25) is 4.79 Å². The molecule has 2 aliphatic rings. The molecule has 4 atom stereocenters. The zero-order chi connectivity index (χ0) is 26.3. The number of aryl methyl sites for hydroxylation is 1. The standard InChI is InChI=1S/C31H41NO4/c1-19-9-11-21(12-10-19)29(34)32-25-18-26-30(3,4)13-8-14-31(26,5)27(20(25)2)28(33)22-15-23(35-6)17-24(16-22)36-7/h9-12,15-17,20,25-26,33H,8,13-14,18H2,1-7H3,(H,32,34)/b28-27-/t20-,25-,26+,31+/m1/s1. The van der Waals surface area contributed by atoms with Crippen LogP contribution in [0.3, 0.4) is 0 Å². The Morgan fingerprint density at radius 1 is 0.972 bits per heavy atom. The van der Waals surface area contributed by atoms with E-state index in [1.54, 1.807) is 14.2 Å². The van der Waals surface area contributed by atoms with Crippen LogP contribution in [0.25, 0.3) is 5.76 Å². The van der Waals surface area contributed by atoms with Crippen molar-refractivity contribution in [3.8, 4) is 11.5 Å². The number of ether oxygens (including phenoxy) is 2. The van der Waals surface area contributed by atoms with Crippen molar-refractivity contribution in [3.05, 3.63) is 64.7 Å². The lowest BCUT2D eigenvalue weighted by Gasteiger charge is -2.58. The lowest BCUT2D eigenvalue weighted by Crippen LogP contribution is -2.55. The van der Waals surface area contributed by atoms with Gasteiger partial charge in [-0.2, -0.15) is 0 Å². The zero-order valence-electron chi connectivity index (χ0n) is 22.8. The maximum atomic E-state index is 13.3. The molecule has 0 aromatic heterocycles. The van der Waals surface area contributed by atoms with Crippen molar-refractivity contribution in [1.82, 2.24) is 5.32 Å². The number of hydrogen-bond acceptors (Lipinski definition) is 4. The summed E-state index contributed by atoms with van der Waals surface area (Å²) in [4.78, 5) is 13.3. The molecule has 2 N–H and O–H groups in total. The molecule has 5 nitrogen and oxygen atoms in total. The molecule has 2 aliphatic carbocycles. The average Bonchev–Trinajstić information content (AvgIpc) is 2.84. The number of carbonyl (C=O) groups is 1. The van der Waals surface area contributed by atoms with Gasteiger partial charge in [-0.05, 0) is 72.8 Å². The minimum absolute atomic E-state index is 0.0354. The second-order valence-electron chi connectivity index (χ2n) is 11.6. The average molecular weight is 492 g/mol. The van der Waals surface area contributed by atoms with E-state index >= 15 is 0 Å². The van der Waals surface area contributed by atoms with E-state index in [1.807, 2.05) is 49.4 Å². The van der Waals surface area contributed by atoms with E-state index in [1.165, 1.54) is 0 Å². The second kappa shape index (κ2) is 9.84. The number of methoxy groups -OCH3 is 2. The van der Waals surface area contributed by atoms with Crippen LogP contribution in [-0.4, -0.2) is 31.3 Å². The Labute approximate surface area is 215 Å². The highest BCUT2D eigenvalue weighted by atomic mass is 16.5. The largest absolute Gasteiger partial charge is 0.507 e. The summed E-state index contributed by atoms with van der Waals surface area (Å²) < 4.78 is 11.0. The van der Waals surface area contributed by atoms with Gasteiger partial charge in [-0.1, -0.05) is 51.8 Å². The number of benzene rings is 2. The predicted octanol–water partition coefficient (Wildman–Crippen LogP) is 6.95. The van der Waals surface area contributed by atoms with Crippen LogP contribution in [-0.2, 0) is 0 Å². The van der Waals surface area contributed by atoms with Crippen molar-refractivity contribution >= 4 is 11.7 Å². The number of nitrogens with one attached hydrogen (secondary N) is 1. The van der Waals surface area contributed by atoms with Crippen LogP contribution in [0.2, 0.25) is 0 Å². The molecule has 1 amide bonds. The van der Waals surface area contributed by atoms with Gasteiger partial charge in [-0.25, -0.2) is 0 Å². The van der Waals surface area contributed by atoms with Crippen LogP contribution in [0.15, 0.2) is 48.0 Å². The molecule has 0 heterocycles. The van der Waals surface area contributed by atoms with E-state index in [2.05, 4.69) is 33.0 Å². The van der Waals surface area contributed by atoms with E-state index in [0.717, 1.165) is 36.8 Å². The molecule has 0 radical (unpaired) electrons. The van der Waals surface area contributed by atoms with Crippen molar-refractivity contribution in [1.29, 1.82) is 0 Å². The number of fused-ring (bicyclic) bond motifs is 1. The number of rotatable bonds is 5. The van der Waals surface area contributed by atoms with Crippen LogP contribution in [0, 0.1) is 29.6 Å². The first kappa shape index (κ1) is 26.1. The minimum Gasteiger partial charge on any atom is -0.507 e. The summed E-state index contributed by atoms with van der Waals surface area (Å²) in [6.45, 7) is 11.2. The van der Waals surface area contributed by atoms with Crippen molar-refractivity contribution in [2.75, 3.05) is 14.2 Å². The first-order chi connectivity index (χ1) is 17.0. The van der Waals surface area contributed by atoms with Crippen LogP contribution >= 0.6 is 0 Å². The fraction of sp³-hybridized carbons (Fsp3) is 0.516. The van der Waals surface area contributed by atoms with Gasteiger partial charge in [0.2, 0.25) is 0 Å². The van der Waals surface area contributed by atoms with Gasteiger partial charge in [-0.15, -0.1) is 0 Å². The van der Waals surface area contributed by atoms with Crippen molar-refractivity contribution < 1.29 is 19.4 Å². The van der Waals surface area contributed by atoms with E-state index in [0.29, 0.717) is 28.5 Å². The highest BCUT2D eigenvalue weighted by Gasteiger charge is 2.55. The summed E-state index contributed by atoms with van der Waals surface area (Å²) in [7, 11) is 3.23. The van der Waals surface area contributed by atoms with Gasteiger partial charge in [0.25, 0.3) is 5.91 Å². The molecule has 2 saturated carbocycles. The number of aliphatic hydroxyl groups excluding tert-OH is 1. The Hall–Kier alpha value is -2.95. The van der Waals surface area contributed by atoms with Gasteiger partial charge in [0.05, 0.1) is 14.2 Å². The lowest BCUT2D eigenvalue weighted by molar-refractivity contribution is -0.0182. The van der Waals surface area contributed by atoms with Gasteiger partial charge >= 0.3 is 0 Å². The molecular weight excluding hydrogens is 450 g/mol. The molecule has 2 aromatic rings. The first-order valence-electron chi connectivity index (χ1n) is 13.0. The fourth-order valence-electron chi connectivity index (χ4n) is 6.93. The summed E-state index contributed by atoms with van der Waals surface area (Å²) in [5.41, 5.74) is 3.42. The molecular formula is C31H41NO4. The number of amides is 1. The second-order valence-corrected chi connectivity index (χ2v) is 11.6. The third-order valence-corrected chi connectivity index (χ3v) is 8.90. The Kier molecular flexibility index (Phi) is 7.14. The Morgan fingerprint density at radius 2 is 1.58 bits per heavy atom. The van der Waals surface area contributed by atoms with Gasteiger partial charge < -0.3 is 19.9 Å². The Balaban J connectivity index is 1.80. The van der Waals surface area contributed by atoms with Crippen LogP contribution < -0.4 is 14.8 Å². The number of aliphatic hydroxyl groups is 1. The number of carbonyl (C=O) groups excluding carboxylic acids is 1. The van der Waals surface area contributed by atoms with E-state index < -0.39 is 0 Å². The summed E-state index contributed by atoms with van der Waals surface area (Å²) >= 11 is 0. The topological polar surface area (TPSA) is 67.8 Å². The molecule has 194 valence electrons. The first-order valence-corrected chi connectivity index (χ1v) is 13.0. The molecule has 0 bridgehead atoms. The SMILES string of the molecule is COc1cc(OC)cc(/C(O)=C2\[C@H](C)[C@H](NC(=O)c3ccc(C)cc3)C[C@H]3C(C)(C)CCC[C@]23C)c1. The molecule has 0 aliphatic heterocycles. The minimum atomic E-state index is -0.174. The van der Waals surface area contributed by atoms with Gasteiger partial charge in [0.1, 0.15) is 17.3 Å². The van der Waals surface area contributed by atoms with Crippen molar-refractivity contribution in [2.45, 2.75) is 66.3 Å². The summed E-state index contributed by atoms with van der Waals surface area (Å²) in [5, 5.41) is 15.2. The Bertz CT molecular complexity index is 1130. The quantitative estimate of drug-likeness (QED) is 0.444. The van der Waals surface area contributed by atoms with Crippen LogP contribution in [0.5, 0.6) is 11.5 Å². The zero-order valence-corrected chi connectivity index (χ0v) is 22.8. The molecule has 2 aromatic carbocycles.